The molecule has 1 fully saturated rings. The second-order valence-electron chi connectivity index (χ2n) is 6.19. The fraction of sp³-hybridized carbons (Fsp3) is 0.263. The van der Waals surface area contributed by atoms with Crippen LogP contribution in [-0.2, 0) is 0 Å². The number of imidazole rings is 1. The molecule has 0 atom stereocenters. The lowest BCUT2D eigenvalue weighted by Gasteiger charge is -2.29. The number of H-pyrrole nitrogens is 1. The predicted molar refractivity (Wildman–Crippen MR) is 96.6 cm³/mol. The Morgan fingerprint density at radius 3 is 2.83 bits per heavy atom. The standard InChI is InChI=1S/C19H20N4O/c24-19(14-7-8-17-18(11-14)21-13-20-17)22-15-5-4-6-16(12-15)23-9-2-1-3-10-23/h4-8,11-13H,1-3,9-10H2,(H,20,21)(H,22,24). The Labute approximate surface area is 140 Å². The number of carbonyl (C=O) groups excluding carboxylic acids is 1. The molecule has 1 saturated heterocycles. The number of hydrogen-bond acceptors (Lipinski definition) is 3. The average molecular weight is 320 g/mol. The molecule has 2 N–H and O–H groups in total. The Morgan fingerprint density at radius 2 is 1.96 bits per heavy atom. The zero-order valence-electron chi connectivity index (χ0n) is 13.5. The van der Waals surface area contributed by atoms with E-state index < -0.39 is 0 Å². The van der Waals surface area contributed by atoms with Gasteiger partial charge in [-0.1, -0.05) is 6.07 Å². The first-order valence-corrected chi connectivity index (χ1v) is 8.39. The van der Waals surface area contributed by atoms with Crippen molar-refractivity contribution in [3.8, 4) is 0 Å². The van der Waals surface area contributed by atoms with Gasteiger partial charge in [-0.15, -0.1) is 0 Å². The van der Waals surface area contributed by atoms with Crippen LogP contribution in [0.5, 0.6) is 0 Å². The number of nitrogens with zero attached hydrogens (tertiary/aromatic N) is 2. The summed E-state index contributed by atoms with van der Waals surface area (Å²) in [4.78, 5) is 22.1. The number of fused-ring (bicyclic) bond motifs is 1. The van der Waals surface area contributed by atoms with Crippen LogP contribution in [0.25, 0.3) is 11.0 Å². The zero-order chi connectivity index (χ0) is 16.4. The Kier molecular flexibility index (Phi) is 3.91. The highest BCUT2D eigenvalue weighted by Crippen LogP contribution is 2.23. The van der Waals surface area contributed by atoms with Crippen LogP contribution in [-0.4, -0.2) is 29.0 Å². The molecule has 24 heavy (non-hydrogen) atoms. The lowest BCUT2D eigenvalue weighted by atomic mass is 10.1. The SMILES string of the molecule is O=C(Nc1cccc(N2CCCCC2)c1)c1ccc2nc[nH]c2c1. The third-order valence-corrected chi connectivity index (χ3v) is 4.51. The first-order chi connectivity index (χ1) is 11.8. The van der Waals surface area contributed by atoms with Crippen LogP contribution in [0.1, 0.15) is 29.6 Å². The summed E-state index contributed by atoms with van der Waals surface area (Å²) in [5, 5.41) is 2.99. The first-order valence-electron chi connectivity index (χ1n) is 8.39. The number of anilines is 2. The third kappa shape index (κ3) is 2.97. The van der Waals surface area contributed by atoms with Crippen LogP contribution in [0.15, 0.2) is 48.8 Å². The molecule has 0 radical (unpaired) electrons. The zero-order valence-corrected chi connectivity index (χ0v) is 13.5. The van der Waals surface area contributed by atoms with E-state index in [1.54, 1.807) is 12.4 Å². The third-order valence-electron chi connectivity index (χ3n) is 4.51. The number of hydrogen-bond donors (Lipinski definition) is 2. The molecule has 1 aliphatic rings. The highest BCUT2D eigenvalue weighted by atomic mass is 16.1. The molecule has 2 aromatic carbocycles. The van der Waals surface area contributed by atoms with E-state index in [-0.39, 0.29) is 5.91 Å². The maximum Gasteiger partial charge on any atom is 0.255 e. The minimum absolute atomic E-state index is 0.109. The van der Waals surface area contributed by atoms with Crippen molar-refractivity contribution in [2.24, 2.45) is 0 Å². The second kappa shape index (κ2) is 6.35. The predicted octanol–water partition coefficient (Wildman–Crippen LogP) is 3.81. The molecule has 122 valence electrons. The van der Waals surface area contributed by atoms with Crippen molar-refractivity contribution in [3.63, 3.8) is 0 Å². The van der Waals surface area contributed by atoms with E-state index >= 15 is 0 Å². The molecule has 4 rings (SSSR count). The van der Waals surface area contributed by atoms with Crippen molar-refractivity contribution in [3.05, 3.63) is 54.4 Å². The average Bonchev–Trinajstić information content (AvgIpc) is 3.10. The molecule has 5 heteroatoms. The minimum atomic E-state index is -0.109. The summed E-state index contributed by atoms with van der Waals surface area (Å²) in [5.74, 6) is -0.109. The minimum Gasteiger partial charge on any atom is -0.371 e. The lowest BCUT2D eigenvalue weighted by molar-refractivity contribution is 0.102. The second-order valence-corrected chi connectivity index (χ2v) is 6.19. The molecule has 0 bridgehead atoms. The van der Waals surface area contributed by atoms with E-state index in [4.69, 9.17) is 0 Å². The maximum atomic E-state index is 12.5. The normalized spacial score (nSPS) is 14.8. The van der Waals surface area contributed by atoms with Gasteiger partial charge in [-0.25, -0.2) is 4.98 Å². The van der Waals surface area contributed by atoms with Crippen LogP contribution in [0, 0.1) is 0 Å². The Morgan fingerprint density at radius 1 is 1.08 bits per heavy atom. The fourth-order valence-corrected chi connectivity index (χ4v) is 3.21. The van der Waals surface area contributed by atoms with E-state index in [2.05, 4.69) is 32.3 Å². The summed E-state index contributed by atoms with van der Waals surface area (Å²) in [6.45, 7) is 2.18. The molecule has 1 aromatic heterocycles. The van der Waals surface area contributed by atoms with E-state index in [1.165, 1.54) is 24.9 Å². The summed E-state index contributed by atoms with van der Waals surface area (Å²) in [7, 11) is 0. The van der Waals surface area contributed by atoms with Crippen LogP contribution in [0.4, 0.5) is 11.4 Å². The highest BCUT2D eigenvalue weighted by molar-refractivity contribution is 6.06. The summed E-state index contributed by atoms with van der Waals surface area (Å²) in [6, 6.07) is 13.6. The van der Waals surface area contributed by atoms with E-state index in [0.29, 0.717) is 5.56 Å². The number of amides is 1. The lowest BCUT2D eigenvalue weighted by Crippen LogP contribution is -2.29. The molecule has 3 aromatic rings. The summed E-state index contributed by atoms with van der Waals surface area (Å²) in [6.07, 6.45) is 5.42. The molecule has 0 aliphatic carbocycles. The number of nitrogens with one attached hydrogen (secondary N) is 2. The topological polar surface area (TPSA) is 61.0 Å². The van der Waals surface area contributed by atoms with E-state index in [1.807, 2.05) is 24.3 Å². The number of carbonyl (C=O) groups is 1. The van der Waals surface area contributed by atoms with Gasteiger partial charge < -0.3 is 15.2 Å². The van der Waals surface area contributed by atoms with Gasteiger partial charge in [0, 0.05) is 30.0 Å². The van der Waals surface area contributed by atoms with Crippen molar-refractivity contribution in [2.75, 3.05) is 23.3 Å². The molecule has 0 unspecified atom stereocenters. The van der Waals surface area contributed by atoms with Gasteiger partial charge >= 0.3 is 0 Å². The van der Waals surface area contributed by atoms with Crippen molar-refractivity contribution in [1.82, 2.24) is 9.97 Å². The smallest absolute Gasteiger partial charge is 0.255 e. The van der Waals surface area contributed by atoms with Crippen LogP contribution < -0.4 is 10.2 Å². The van der Waals surface area contributed by atoms with Gasteiger partial charge in [0.25, 0.3) is 5.91 Å². The van der Waals surface area contributed by atoms with Gasteiger partial charge in [0.2, 0.25) is 0 Å². The van der Waals surface area contributed by atoms with E-state index in [9.17, 15) is 4.79 Å². The van der Waals surface area contributed by atoms with Crippen LogP contribution in [0.2, 0.25) is 0 Å². The summed E-state index contributed by atoms with van der Waals surface area (Å²) < 4.78 is 0. The Bertz CT molecular complexity index is 864. The molecular formula is C19H20N4O. The van der Waals surface area contributed by atoms with Gasteiger partial charge in [-0.3, -0.25) is 4.79 Å². The van der Waals surface area contributed by atoms with Crippen molar-refractivity contribution in [1.29, 1.82) is 0 Å². The van der Waals surface area contributed by atoms with Crippen molar-refractivity contribution < 1.29 is 4.79 Å². The maximum absolute atomic E-state index is 12.5. The molecule has 5 nitrogen and oxygen atoms in total. The van der Waals surface area contributed by atoms with Crippen molar-refractivity contribution in [2.45, 2.75) is 19.3 Å². The fourth-order valence-electron chi connectivity index (χ4n) is 3.21. The van der Waals surface area contributed by atoms with Crippen LogP contribution >= 0.6 is 0 Å². The van der Waals surface area contributed by atoms with E-state index in [0.717, 1.165) is 29.8 Å². The van der Waals surface area contributed by atoms with Gasteiger partial charge in [-0.2, -0.15) is 0 Å². The number of piperidine rings is 1. The van der Waals surface area contributed by atoms with Crippen LogP contribution in [0.3, 0.4) is 0 Å². The first kappa shape index (κ1) is 14.8. The summed E-state index contributed by atoms with van der Waals surface area (Å²) in [5.41, 5.74) is 4.35. The number of aromatic nitrogens is 2. The van der Waals surface area contributed by atoms with Gasteiger partial charge in [-0.05, 0) is 55.7 Å². The largest absolute Gasteiger partial charge is 0.371 e. The van der Waals surface area contributed by atoms with Crippen molar-refractivity contribution >= 4 is 28.3 Å². The summed E-state index contributed by atoms with van der Waals surface area (Å²) >= 11 is 0. The Hall–Kier alpha value is -2.82. The quantitative estimate of drug-likeness (QED) is 0.771. The number of rotatable bonds is 3. The highest BCUT2D eigenvalue weighted by Gasteiger charge is 2.12. The van der Waals surface area contributed by atoms with Gasteiger partial charge in [0.05, 0.1) is 17.4 Å². The molecule has 1 amide bonds. The molecule has 0 saturated carbocycles. The molecule has 2 heterocycles. The monoisotopic (exact) mass is 320 g/mol. The molecular weight excluding hydrogens is 300 g/mol. The Balaban J connectivity index is 1.52. The molecule has 0 spiro atoms. The number of benzene rings is 2. The van der Waals surface area contributed by atoms with Gasteiger partial charge in [0.1, 0.15) is 0 Å². The number of aromatic amines is 1. The van der Waals surface area contributed by atoms with Gasteiger partial charge in [0.15, 0.2) is 0 Å². The molecule has 1 aliphatic heterocycles.